The first-order chi connectivity index (χ1) is 8.28. The molecule has 3 nitrogen and oxygen atoms in total. The predicted molar refractivity (Wildman–Crippen MR) is 74.1 cm³/mol. The maximum absolute atomic E-state index is 5.67. The molecule has 0 saturated carbocycles. The summed E-state index contributed by atoms with van der Waals surface area (Å²) in [6.45, 7) is 5.80. The van der Waals surface area contributed by atoms with Crippen molar-refractivity contribution >= 4 is 16.5 Å². The van der Waals surface area contributed by atoms with Crippen molar-refractivity contribution in [2.75, 3.05) is 18.8 Å². The van der Waals surface area contributed by atoms with Crippen LogP contribution in [0.3, 0.4) is 0 Å². The highest BCUT2D eigenvalue weighted by Gasteiger charge is 2.16. The predicted octanol–water partition coefficient (Wildman–Crippen LogP) is 3.13. The van der Waals surface area contributed by atoms with Gasteiger partial charge in [0.05, 0.1) is 0 Å². The summed E-state index contributed by atoms with van der Waals surface area (Å²) in [6, 6.07) is 0. The number of nitrogen functional groups attached to an aromatic ring is 1. The number of thiazole rings is 1. The van der Waals surface area contributed by atoms with Crippen LogP contribution in [-0.4, -0.2) is 23.0 Å². The molecule has 96 valence electrons. The first kappa shape index (κ1) is 12.8. The molecular weight excluding hydrogens is 230 g/mol. The fourth-order valence-corrected chi connectivity index (χ4v) is 3.42. The molecule has 0 radical (unpaired) electrons. The Morgan fingerprint density at radius 2 is 2.35 bits per heavy atom. The average molecular weight is 253 g/mol. The summed E-state index contributed by atoms with van der Waals surface area (Å²) in [6.07, 6.45) is 8.78. The number of hydrogen-bond acceptors (Lipinski definition) is 4. The van der Waals surface area contributed by atoms with E-state index in [2.05, 4.69) is 16.8 Å². The molecule has 0 amide bonds. The quantitative estimate of drug-likeness (QED) is 0.896. The van der Waals surface area contributed by atoms with Gasteiger partial charge >= 0.3 is 0 Å². The van der Waals surface area contributed by atoms with E-state index in [4.69, 9.17) is 5.73 Å². The fraction of sp³-hybridized carbons (Fsp3) is 0.769. The van der Waals surface area contributed by atoms with Crippen molar-refractivity contribution in [3.05, 3.63) is 11.1 Å². The summed E-state index contributed by atoms with van der Waals surface area (Å²) in [5, 5.41) is 0.693. The van der Waals surface area contributed by atoms with Gasteiger partial charge in [-0.1, -0.05) is 19.8 Å². The Labute approximate surface area is 108 Å². The molecule has 2 N–H and O–H groups in total. The molecule has 1 aromatic rings. The van der Waals surface area contributed by atoms with Crippen molar-refractivity contribution in [3.8, 4) is 0 Å². The van der Waals surface area contributed by atoms with E-state index in [1.54, 1.807) is 11.3 Å². The van der Waals surface area contributed by atoms with Crippen molar-refractivity contribution in [1.29, 1.82) is 0 Å². The van der Waals surface area contributed by atoms with Crippen LogP contribution in [0.2, 0.25) is 0 Å². The van der Waals surface area contributed by atoms with Gasteiger partial charge in [-0.3, -0.25) is 4.90 Å². The minimum atomic E-state index is 0.693. The highest BCUT2D eigenvalue weighted by molar-refractivity contribution is 7.15. The van der Waals surface area contributed by atoms with E-state index in [-0.39, 0.29) is 0 Å². The van der Waals surface area contributed by atoms with E-state index >= 15 is 0 Å². The van der Waals surface area contributed by atoms with Crippen LogP contribution in [0.4, 0.5) is 5.13 Å². The minimum Gasteiger partial charge on any atom is -0.375 e. The van der Waals surface area contributed by atoms with Crippen molar-refractivity contribution in [2.45, 2.75) is 45.6 Å². The summed E-state index contributed by atoms with van der Waals surface area (Å²) < 4.78 is 0. The van der Waals surface area contributed by atoms with E-state index in [1.807, 2.05) is 6.20 Å². The molecule has 1 aromatic heterocycles. The third kappa shape index (κ3) is 3.96. The van der Waals surface area contributed by atoms with Crippen molar-refractivity contribution < 1.29 is 0 Å². The molecule has 1 saturated heterocycles. The van der Waals surface area contributed by atoms with E-state index in [0.717, 1.165) is 12.5 Å². The van der Waals surface area contributed by atoms with Gasteiger partial charge in [0.1, 0.15) is 0 Å². The Bertz CT molecular complexity index is 337. The van der Waals surface area contributed by atoms with Gasteiger partial charge < -0.3 is 5.73 Å². The van der Waals surface area contributed by atoms with Crippen molar-refractivity contribution in [2.24, 2.45) is 5.92 Å². The molecule has 1 atom stereocenters. The molecule has 17 heavy (non-hydrogen) atoms. The summed E-state index contributed by atoms with van der Waals surface area (Å²) in [5.74, 6) is 0.955. The zero-order valence-corrected chi connectivity index (χ0v) is 11.5. The lowest BCUT2D eigenvalue weighted by molar-refractivity contribution is 0.273. The van der Waals surface area contributed by atoms with Crippen LogP contribution >= 0.6 is 11.3 Å². The molecule has 1 unspecified atom stereocenters. The number of aromatic nitrogens is 1. The zero-order chi connectivity index (χ0) is 12.1. The van der Waals surface area contributed by atoms with Crippen LogP contribution in [0.15, 0.2) is 6.20 Å². The molecule has 0 aliphatic carbocycles. The van der Waals surface area contributed by atoms with Crippen LogP contribution in [0.25, 0.3) is 0 Å². The molecule has 2 rings (SSSR count). The van der Waals surface area contributed by atoms with Gasteiger partial charge in [-0.15, -0.1) is 11.3 Å². The third-order valence-corrected chi connectivity index (χ3v) is 4.40. The SMILES string of the molecule is CCCC1CCCN(Cc2cnc(N)s2)CC1. The average Bonchev–Trinajstić information content (AvgIpc) is 2.58. The second-order valence-electron chi connectivity index (χ2n) is 5.03. The summed E-state index contributed by atoms with van der Waals surface area (Å²) in [7, 11) is 0. The first-order valence-electron chi connectivity index (χ1n) is 6.70. The lowest BCUT2D eigenvalue weighted by atomic mass is 9.96. The van der Waals surface area contributed by atoms with Gasteiger partial charge in [0, 0.05) is 17.6 Å². The Morgan fingerprint density at radius 3 is 3.06 bits per heavy atom. The molecule has 0 spiro atoms. The van der Waals surface area contributed by atoms with Crippen LogP contribution in [0.5, 0.6) is 0 Å². The smallest absolute Gasteiger partial charge is 0.180 e. The normalized spacial score (nSPS) is 22.5. The third-order valence-electron chi connectivity index (χ3n) is 3.59. The zero-order valence-electron chi connectivity index (χ0n) is 10.7. The molecule has 1 aliphatic heterocycles. The van der Waals surface area contributed by atoms with E-state index in [0.29, 0.717) is 5.13 Å². The number of hydrogen-bond donors (Lipinski definition) is 1. The van der Waals surface area contributed by atoms with Gasteiger partial charge in [-0.05, 0) is 38.3 Å². The molecule has 0 aromatic carbocycles. The van der Waals surface area contributed by atoms with E-state index < -0.39 is 0 Å². The van der Waals surface area contributed by atoms with Crippen LogP contribution in [0.1, 0.15) is 43.9 Å². The minimum absolute atomic E-state index is 0.693. The highest BCUT2D eigenvalue weighted by atomic mass is 32.1. The monoisotopic (exact) mass is 253 g/mol. The van der Waals surface area contributed by atoms with E-state index in [9.17, 15) is 0 Å². The lowest BCUT2D eigenvalue weighted by Crippen LogP contribution is -2.23. The molecule has 4 heteroatoms. The maximum Gasteiger partial charge on any atom is 0.180 e. The van der Waals surface area contributed by atoms with Crippen LogP contribution in [0, 0.1) is 5.92 Å². The molecular formula is C13H23N3S. The number of anilines is 1. The maximum atomic E-state index is 5.67. The summed E-state index contributed by atoms with van der Waals surface area (Å²) in [5.41, 5.74) is 5.67. The van der Waals surface area contributed by atoms with E-state index in [1.165, 1.54) is 50.1 Å². The summed E-state index contributed by atoms with van der Waals surface area (Å²) >= 11 is 1.62. The standard InChI is InChI=1S/C13H23N3S/c1-2-4-11-5-3-7-16(8-6-11)10-12-9-15-13(14)17-12/h9,11H,2-8,10H2,1H3,(H2,14,15). The van der Waals surface area contributed by atoms with Gasteiger partial charge in [0.2, 0.25) is 0 Å². The van der Waals surface area contributed by atoms with Gasteiger partial charge in [0.15, 0.2) is 5.13 Å². The number of rotatable bonds is 4. The second-order valence-corrected chi connectivity index (χ2v) is 6.17. The van der Waals surface area contributed by atoms with Crippen molar-refractivity contribution in [3.63, 3.8) is 0 Å². The van der Waals surface area contributed by atoms with Crippen molar-refractivity contribution in [1.82, 2.24) is 9.88 Å². The molecule has 0 bridgehead atoms. The number of nitrogens with two attached hydrogens (primary N) is 1. The summed E-state index contributed by atoms with van der Waals surface area (Å²) in [4.78, 5) is 7.98. The van der Waals surface area contributed by atoms with Gasteiger partial charge in [-0.25, -0.2) is 4.98 Å². The Hall–Kier alpha value is -0.610. The first-order valence-corrected chi connectivity index (χ1v) is 7.52. The Balaban J connectivity index is 1.82. The molecule has 1 aliphatic rings. The molecule has 2 heterocycles. The van der Waals surface area contributed by atoms with Gasteiger partial charge in [-0.2, -0.15) is 0 Å². The van der Waals surface area contributed by atoms with Gasteiger partial charge in [0.25, 0.3) is 0 Å². The number of likely N-dealkylation sites (tertiary alicyclic amines) is 1. The highest BCUT2D eigenvalue weighted by Crippen LogP contribution is 2.24. The second kappa shape index (κ2) is 6.36. The fourth-order valence-electron chi connectivity index (χ4n) is 2.70. The Kier molecular flexibility index (Phi) is 4.80. The molecule has 1 fully saturated rings. The van der Waals surface area contributed by atoms with Crippen LogP contribution in [-0.2, 0) is 6.54 Å². The lowest BCUT2D eigenvalue weighted by Gasteiger charge is -2.18. The Morgan fingerprint density at radius 1 is 1.47 bits per heavy atom. The largest absolute Gasteiger partial charge is 0.375 e. The van der Waals surface area contributed by atoms with Crippen LogP contribution < -0.4 is 5.73 Å². The topological polar surface area (TPSA) is 42.2 Å². The number of nitrogens with zero attached hydrogens (tertiary/aromatic N) is 2.